The molecule has 0 aliphatic heterocycles. The Labute approximate surface area is 116 Å². The van der Waals surface area contributed by atoms with Gasteiger partial charge in [-0.25, -0.2) is 0 Å². The Morgan fingerprint density at radius 1 is 0.947 bits per heavy atom. The second-order valence-electron chi connectivity index (χ2n) is 5.44. The van der Waals surface area contributed by atoms with Gasteiger partial charge >= 0.3 is 0 Å². The molecule has 1 unspecified atom stereocenters. The van der Waals surface area contributed by atoms with Gasteiger partial charge in [0, 0.05) is 13.1 Å². The van der Waals surface area contributed by atoms with E-state index >= 15 is 0 Å². The van der Waals surface area contributed by atoms with E-state index in [9.17, 15) is 0 Å². The van der Waals surface area contributed by atoms with Crippen LogP contribution in [0.15, 0.2) is 48.5 Å². The average Bonchev–Trinajstić information content (AvgIpc) is 2.38. The minimum Gasteiger partial charge on any atom is -0.312 e. The van der Waals surface area contributed by atoms with E-state index in [1.807, 2.05) is 0 Å². The van der Waals surface area contributed by atoms with Crippen LogP contribution in [-0.2, 0) is 6.54 Å². The maximum atomic E-state index is 3.55. The minimum atomic E-state index is 0.548. The van der Waals surface area contributed by atoms with Gasteiger partial charge in [0.2, 0.25) is 0 Å². The van der Waals surface area contributed by atoms with Crippen molar-refractivity contribution in [1.29, 1.82) is 0 Å². The highest BCUT2D eigenvalue weighted by Crippen LogP contribution is 2.14. The SMILES string of the molecule is Cc1cc(C)cc(CNCC(C)c2ccccc2)c1. The third-order valence-corrected chi connectivity index (χ3v) is 3.43. The van der Waals surface area contributed by atoms with E-state index in [0.717, 1.165) is 13.1 Å². The van der Waals surface area contributed by atoms with Crippen molar-refractivity contribution in [2.24, 2.45) is 0 Å². The van der Waals surface area contributed by atoms with Gasteiger partial charge in [-0.05, 0) is 30.9 Å². The molecule has 0 aromatic heterocycles. The van der Waals surface area contributed by atoms with E-state index in [4.69, 9.17) is 0 Å². The van der Waals surface area contributed by atoms with Crippen LogP contribution >= 0.6 is 0 Å². The predicted molar refractivity (Wildman–Crippen MR) is 82.5 cm³/mol. The fourth-order valence-corrected chi connectivity index (χ4v) is 2.50. The maximum absolute atomic E-state index is 3.55. The Bertz CT molecular complexity index is 496. The van der Waals surface area contributed by atoms with Gasteiger partial charge in [0.15, 0.2) is 0 Å². The third kappa shape index (κ3) is 4.22. The van der Waals surface area contributed by atoms with Crippen molar-refractivity contribution >= 4 is 0 Å². The van der Waals surface area contributed by atoms with Crippen molar-refractivity contribution in [3.05, 3.63) is 70.8 Å². The summed E-state index contributed by atoms with van der Waals surface area (Å²) in [5.74, 6) is 0.548. The summed E-state index contributed by atoms with van der Waals surface area (Å²) >= 11 is 0. The molecule has 1 atom stereocenters. The van der Waals surface area contributed by atoms with Gasteiger partial charge in [-0.2, -0.15) is 0 Å². The van der Waals surface area contributed by atoms with Crippen LogP contribution in [0.4, 0.5) is 0 Å². The van der Waals surface area contributed by atoms with E-state index < -0.39 is 0 Å². The van der Waals surface area contributed by atoms with Crippen molar-refractivity contribution in [3.8, 4) is 0 Å². The molecular weight excluding hydrogens is 230 g/mol. The number of nitrogens with one attached hydrogen (secondary N) is 1. The molecule has 0 heterocycles. The third-order valence-electron chi connectivity index (χ3n) is 3.43. The number of aryl methyl sites for hydroxylation is 2. The molecule has 100 valence electrons. The van der Waals surface area contributed by atoms with Gasteiger partial charge < -0.3 is 5.32 Å². The van der Waals surface area contributed by atoms with Crippen LogP contribution in [0.25, 0.3) is 0 Å². The summed E-state index contributed by atoms with van der Waals surface area (Å²) in [6.45, 7) is 8.53. The van der Waals surface area contributed by atoms with E-state index in [1.54, 1.807) is 0 Å². The molecule has 2 aromatic rings. The van der Waals surface area contributed by atoms with Crippen molar-refractivity contribution in [3.63, 3.8) is 0 Å². The molecule has 0 spiro atoms. The van der Waals surface area contributed by atoms with E-state index in [1.165, 1.54) is 22.3 Å². The first-order valence-corrected chi connectivity index (χ1v) is 6.98. The fraction of sp³-hybridized carbons (Fsp3) is 0.333. The van der Waals surface area contributed by atoms with E-state index in [0.29, 0.717) is 5.92 Å². The van der Waals surface area contributed by atoms with Gasteiger partial charge in [-0.15, -0.1) is 0 Å². The number of hydrogen-bond acceptors (Lipinski definition) is 1. The zero-order valence-corrected chi connectivity index (χ0v) is 12.1. The summed E-state index contributed by atoms with van der Waals surface area (Å²) in [6.07, 6.45) is 0. The second kappa shape index (κ2) is 6.53. The van der Waals surface area contributed by atoms with Crippen LogP contribution in [0.2, 0.25) is 0 Å². The van der Waals surface area contributed by atoms with E-state index in [-0.39, 0.29) is 0 Å². The lowest BCUT2D eigenvalue weighted by atomic mass is 10.0. The molecule has 0 saturated heterocycles. The normalized spacial score (nSPS) is 12.4. The number of hydrogen-bond donors (Lipinski definition) is 1. The molecule has 1 heteroatoms. The molecule has 2 rings (SSSR count). The van der Waals surface area contributed by atoms with Gasteiger partial charge in [0.1, 0.15) is 0 Å². The molecule has 19 heavy (non-hydrogen) atoms. The number of rotatable bonds is 5. The molecule has 1 N–H and O–H groups in total. The zero-order chi connectivity index (χ0) is 13.7. The molecule has 0 bridgehead atoms. The zero-order valence-electron chi connectivity index (χ0n) is 12.1. The Balaban J connectivity index is 1.86. The molecule has 0 fully saturated rings. The van der Waals surface area contributed by atoms with Crippen LogP contribution in [0.3, 0.4) is 0 Å². The van der Waals surface area contributed by atoms with Crippen LogP contribution < -0.4 is 5.32 Å². The smallest absolute Gasteiger partial charge is 0.0205 e. The fourth-order valence-electron chi connectivity index (χ4n) is 2.50. The first-order valence-electron chi connectivity index (χ1n) is 6.98. The Morgan fingerprint density at radius 2 is 1.58 bits per heavy atom. The summed E-state index contributed by atoms with van der Waals surface area (Å²) in [6, 6.07) is 17.4. The first kappa shape index (κ1) is 13.8. The van der Waals surface area contributed by atoms with Crippen LogP contribution in [0.1, 0.15) is 35.1 Å². The van der Waals surface area contributed by atoms with E-state index in [2.05, 4.69) is 74.6 Å². The van der Waals surface area contributed by atoms with Crippen molar-refractivity contribution < 1.29 is 0 Å². The summed E-state index contributed by atoms with van der Waals surface area (Å²) < 4.78 is 0. The molecule has 2 aromatic carbocycles. The lowest BCUT2D eigenvalue weighted by molar-refractivity contribution is 0.615. The summed E-state index contributed by atoms with van der Waals surface area (Å²) in [5, 5.41) is 3.55. The summed E-state index contributed by atoms with van der Waals surface area (Å²) in [5.41, 5.74) is 5.45. The highest BCUT2D eigenvalue weighted by atomic mass is 14.9. The molecule has 0 aliphatic rings. The Hall–Kier alpha value is -1.60. The summed E-state index contributed by atoms with van der Waals surface area (Å²) in [7, 11) is 0. The van der Waals surface area contributed by atoms with Gasteiger partial charge in [0.25, 0.3) is 0 Å². The monoisotopic (exact) mass is 253 g/mol. The molecule has 0 amide bonds. The average molecular weight is 253 g/mol. The highest BCUT2D eigenvalue weighted by molar-refractivity contribution is 5.28. The second-order valence-corrected chi connectivity index (χ2v) is 5.44. The number of benzene rings is 2. The quantitative estimate of drug-likeness (QED) is 0.842. The standard InChI is InChI=1S/C18H23N/c1-14-9-15(2)11-17(10-14)13-19-12-16(3)18-7-5-4-6-8-18/h4-11,16,19H,12-13H2,1-3H3. The predicted octanol–water partition coefficient (Wildman–Crippen LogP) is 4.20. The van der Waals surface area contributed by atoms with Gasteiger partial charge in [-0.3, -0.25) is 0 Å². The molecule has 0 saturated carbocycles. The maximum Gasteiger partial charge on any atom is 0.0205 e. The first-order chi connectivity index (χ1) is 9.15. The Kier molecular flexibility index (Phi) is 4.75. The molecule has 0 aliphatic carbocycles. The largest absolute Gasteiger partial charge is 0.312 e. The highest BCUT2D eigenvalue weighted by Gasteiger charge is 2.04. The summed E-state index contributed by atoms with van der Waals surface area (Å²) in [4.78, 5) is 0. The van der Waals surface area contributed by atoms with Gasteiger partial charge in [-0.1, -0.05) is 66.6 Å². The topological polar surface area (TPSA) is 12.0 Å². The van der Waals surface area contributed by atoms with Gasteiger partial charge in [0.05, 0.1) is 0 Å². The molecule has 0 radical (unpaired) electrons. The van der Waals surface area contributed by atoms with Crippen molar-refractivity contribution in [2.75, 3.05) is 6.54 Å². The lowest BCUT2D eigenvalue weighted by Gasteiger charge is -2.13. The van der Waals surface area contributed by atoms with Crippen LogP contribution in [-0.4, -0.2) is 6.54 Å². The van der Waals surface area contributed by atoms with Crippen molar-refractivity contribution in [2.45, 2.75) is 33.2 Å². The van der Waals surface area contributed by atoms with Crippen LogP contribution in [0.5, 0.6) is 0 Å². The lowest BCUT2D eigenvalue weighted by Crippen LogP contribution is -2.19. The van der Waals surface area contributed by atoms with Crippen LogP contribution in [0, 0.1) is 13.8 Å². The van der Waals surface area contributed by atoms with Crippen molar-refractivity contribution in [1.82, 2.24) is 5.32 Å². The molecule has 1 nitrogen and oxygen atoms in total. The molecular formula is C18H23N. The Morgan fingerprint density at radius 3 is 2.21 bits per heavy atom. The minimum absolute atomic E-state index is 0.548.